The summed E-state index contributed by atoms with van der Waals surface area (Å²) in [5.74, 6) is 0.362. The first-order valence-electron chi connectivity index (χ1n) is 9.30. The zero-order chi connectivity index (χ0) is 21.3. The number of hydrogen-bond acceptors (Lipinski definition) is 6. The van der Waals surface area contributed by atoms with E-state index in [1.165, 1.54) is 18.4 Å². The third-order valence-electron chi connectivity index (χ3n) is 4.54. The predicted molar refractivity (Wildman–Crippen MR) is 118 cm³/mol. The van der Waals surface area contributed by atoms with Crippen LogP contribution < -0.4 is 10.6 Å². The topological polar surface area (TPSA) is 101 Å². The summed E-state index contributed by atoms with van der Waals surface area (Å²) in [5, 5.41) is 15.8. The zero-order valence-corrected chi connectivity index (χ0v) is 17.1. The normalized spacial score (nSPS) is 11.0. The van der Waals surface area contributed by atoms with Gasteiger partial charge in [-0.05, 0) is 66.2 Å². The number of furan rings is 1. The Hall–Kier alpha value is -3.65. The van der Waals surface area contributed by atoms with Gasteiger partial charge in [0.15, 0.2) is 16.5 Å². The Morgan fingerprint density at radius 2 is 2.00 bits per heavy atom. The first-order chi connectivity index (χ1) is 14.4. The number of anilines is 1. The van der Waals surface area contributed by atoms with E-state index in [1.807, 2.05) is 18.2 Å². The van der Waals surface area contributed by atoms with Crippen molar-refractivity contribution in [2.24, 2.45) is 0 Å². The van der Waals surface area contributed by atoms with E-state index in [0.717, 1.165) is 11.1 Å². The van der Waals surface area contributed by atoms with E-state index in [4.69, 9.17) is 21.1 Å². The van der Waals surface area contributed by atoms with E-state index in [0.29, 0.717) is 22.8 Å². The lowest BCUT2D eigenvalue weighted by Gasteiger charge is -2.10. The van der Waals surface area contributed by atoms with Gasteiger partial charge >= 0.3 is 0 Å². The number of benzene rings is 2. The van der Waals surface area contributed by atoms with E-state index in [2.05, 4.69) is 29.5 Å². The van der Waals surface area contributed by atoms with Crippen LogP contribution in [-0.4, -0.2) is 21.1 Å². The number of thiocarbonyl (C=S) groups is 1. The number of phenols is 1. The van der Waals surface area contributed by atoms with Gasteiger partial charge in [-0.3, -0.25) is 10.1 Å². The first-order valence-corrected chi connectivity index (χ1v) is 9.71. The molecule has 0 fully saturated rings. The highest BCUT2D eigenvalue weighted by Gasteiger charge is 2.15. The molecule has 4 aromatic rings. The van der Waals surface area contributed by atoms with Crippen molar-refractivity contribution in [3.8, 4) is 17.2 Å². The number of carbonyl (C=O) groups excluding carboxylic acids is 1. The molecule has 0 atom stereocenters. The van der Waals surface area contributed by atoms with Gasteiger partial charge in [-0.15, -0.1) is 0 Å². The minimum Gasteiger partial charge on any atom is -0.507 e. The number of phenolic OH excluding ortho intramolecular Hbond substituents is 1. The Balaban J connectivity index is 1.56. The van der Waals surface area contributed by atoms with Gasteiger partial charge in [0, 0.05) is 5.69 Å². The number of fused-ring (bicyclic) bond motifs is 1. The molecule has 0 saturated carbocycles. The Morgan fingerprint density at radius 3 is 2.73 bits per heavy atom. The van der Waals surface area contributed by atoms with E-state index in [9.17, 15) is 9.90 Å². The molecule has 152 valence electrons. The fourth-order valence-electron chi connectivity index (χ4n) is 2.94. The number of amides is 1. The van der Waals surface area contributed by atoms with Gasteiger partial charge in [-0.1, -0.05) is 19.9 Å². The van der Waals surface area contributed by atoms with Crippen LogP contribution in [0.25, 0.3) is 22.6 Å². The van der Waals surface area contributed by atoms with Crippen LogP contribution in [0, 0.1) is 0 Å². The molecule has 2 aromatic carbocycles. The number of aromatic hydroxyl groups is 1. The van der Waals surface area contributed by atoms with Crippen LogP contribution in [-0.2, 0) is 0 Å². The maximum Gasteiger partial charge on any atom is 0.293 e. The van der Waals surface area contributed by atoms with E-state index < -0.39 is 5.91 Å². The molecule has 0 spiro atoms. The number of nitrogens with one attached hydrogen (secondary N) is 2. The monoisotopic (exact) mass is 421 g/mol. The molecule has 0 bridgehead atoms. The van der Waals surface area contributed by atoms with E-state index in [1.54, 1.807) is 18.2 Å². The van der Waals surface area contributed by atoms with E-state index >= 15 is 0 Å². The highest BCUT2D eigenvalue weighted by Crippen LogP contribution is 2.34. The van der Waals surface area contributed by atoms with Gasteiger partial charge in [0.1, 0.15) is 11.3 Å². The summed E-state index contributed by atoms with van der Waals surface area (Å²) in [7, 11) is 0. The summed E-state index contributed by atoms with van der Waals surface area (Å²) in [5.41, 5.74) is 3.46. The molecule has 30 heavy (non-hydrogen) atoms. The molecule has 2 heterocycles. The maximum absolute atomic E-state index is 12.0. The van der Waals surface area contributed by atoms with Crippen molar-refractivity contribution in [3.63, 3.8) is 0 Å². The largest absolute Gasteiger partial charge is 0.507 e. The highest BCUT2D eigenvalue weighted by molar-refractivity contribution is 7.80. The lowest BCUT2D eigenvalue weighted by molar-refractivity contribution is 0.0950. The van der Waals surface area contributed by atoms with Crippen LogP contribution in [0.3, 0.4) is 0 Å². The van der Waals surface area contributed by atoms with Gasteiger partial charge in [0.05, 0.1) is 11.8 Å². The van der Waals surface area contributed by atoms with Crippen LogP contribution in [0.15, 0.2) is 63.6 Å². The van der Waals surface area contributed by atoms with Crippen molar-refractivity contribution in [3.05, 3.63) is 66.1 Å². The van der Waals surface area contributed by atoms with Crippen molar-refractivity contribution in [2.45, 2.75) is 19.8 Å². The van der Waals surface area contributed by atoms with Gasteiger partial charge < -0.3 is 19.3 Å². The number of rotatable bonds is 4. The summed E-state index contributed by atoms with van der Waals surface area (Å²) in [4.78, 5) is 16.5. The molecule has 0 aliphatic rings. The third-order valence-corrected chi connectivity index (χ3v) is 4.74. The van der Waals surface area contributed by atoms with Crippen LogP contribution in [0.1, 0.15) is 35.9 Å². The van der Waals surface area contributed by atoms with Gasteiger partial charge in [-0.25, -0.2) is 4.98 Å². The lowest BCUT2D eigenvalue weighted by Crippen LogP contribution is -2.33. The number of oxazole rings is 1. The molecule has 2 aromatic heterocycles. The number of carbonyl (C=O) groups is 1. The van der Waals surface area contributed by atoms with Gasteiger partial charge in [0.2, 0.25) is 5.89 Å². The minimum absolute atomic E-state index is 0.0155. The Kier molecular flexibility index (Phi) is 5.24. The first kappa shape index (κ1) is 19.7. The molecule has 0 unspecified atom stereocenters. The predicted octanol–water partition coefficient (Wildman–Crippen LogP) is 5.04. The second kappa shape index (κ2) is 8.00. The van der Waals surface area contributed by atoms with Crippen LogP contribution >= 0.6 is 12.2 Å². The second-order valence-electron chi connectivity index (χ2n) is 7.02. The molecular formula is C22H19N3O4S. The molecular weight excluding hydrogens is 402 g/mol. The minimum atomic E-state index is -0.462. The summed E-state index contributed by atoms with van der Waals surface area (Å²) in [6.45, 7) is 4.22. The fraction of sp³-hybridized carbons (Fsp3) is 0.136. The number of hydrogen-bond donors (Lipinski definition) is 3. The molecule has 8 heteroatoms. The van der Waals surface area contributed by atoms with Crippen molar-refractivity contribution in [1.82, 2.24) is 10.3 Å². The fourth-order valence-corrected chi connectivity index (χ4v) is 3.15. The number of aromatic nitrogens is 1. The summed E-state index contributed by atoms with van der Waals surface area (Å²) in [6.07, 6.45) is 1.40. The summed E-state index contributed by atoms with van der Waals surface area (Å²) in [6, 6.07) is 13.8. The second-order valence-corrected chi connectivity index (χ2v) is 7.43. The van der Waals surface area contributed by atoms with Crippen LogP contribution in [0.5, 0.6) is 5.75 Å². The average molecular weight is 421 g/mol. The molecule has 0 saturated heterocycles. The Labute approximate surface area is 177 Å². The smallest absolute Gasteiger partial charge is 0.293 e. The quantitative estimate of drug-likeness (QED) is 0.313. The van der Waals surface area contributed by atoms with Crippen molar-refractivity contribution >= 4 is 40.0 Å². The highest BCUT2D eigenvalue weighted by atomic mass is 32.1. The molecule has 7 nitrogen and oxygen atoms in total. The zero-order valence-electron chi connectivity index (χ0n) is 16.3. The Bertz CT molecular complexity index is 1230. The van der Waals surface area contributed by atoms with Gasteiger partial charge in [0.25, 0.3) is 5.91 Å². The molecule has 4 rings (SSSR count). The standard InChI is InChI=1S/C22H19N3O4S/c1-12(2)13-5-8-18-16(10-13)24-21(29-18)15-11-14(6-7-17(15)26)23-22(30)25-20(27)19-4-3-9-28-19/h3-12,26H,1-2H3,(H2,23,25,27,30). The maximum atomic E-state index is 12.0. The Morgan fingerprint density at radius 1 is 1.17 bits per heavy atom. The molecule has 0 radical (unpaired) electrons. The summed E-state index contributed by atoms with van der Waals surface area (Å²) >= 11 is 5.18. The molecule has 0 aliphatic carbocycles. The van der Waals surface area contributed by atoms with E-state index in [-0.39, 0.29) is 22.5 Å². The van der Waals surface area contributed by atoms with Crippen molar-refractivity contribution < 1.29 is 18.7 Å². The van der Waals surface area contributed by atoms with Crippen LogP contribution in [0.2, 0.25) is 0 Å². The number of nitrogens with zero attached hydrogens (tertiary/aromatic N) is 1. The molecule has 0 aliphatic heterocycles. The summed E-state index contributed by atoms with van der Waals surface area (Å²) < 4.78 is 10.9. The average Bonchev–Trinajstić information content (AvgIpc) is 3.38. The SMILES string of the molecule is CC(C)c1ccc2oc(-c3cc(NC(=S)NC(=O)c4ccco4)ccc3O)nc2c1. The lowest BCUT2D eigenvalue weighted by atomic mass is 10.0. The molecule has 3 N–H and O–H groups in total. The molecule has 1 amide bonds. The van der Waals surface area contributed by atoms with Crippen molar-refractivity contribution in [1.29, 1.82) is 0 Å². The van der Waals surface area contributed by atoms with Crippen molar-refractivity contribution in [2.75, 3.05) is 5.32 Å². The van der Waals surface area contributed by atoms with Gasteiger partial charge in [-0.2, -0.15) is 0 Å². The van der Waals surface area contributed by atoms with Crippen LogP contribution in [0.4, 0.5) is 5.69 Å². The third kappa shape index (κ3) is 4.04.